The van der Waals surface area contributed by atoms with E-state index in [0.29, 0.717) is 0 Å². The van der Waals surface area contributed by atoms with Gasteiger partial charge in [0.05, 0.1) is 12.8 Å². The topological polar surface area (TPSA) is 233 Å². The van der Waals surface area contributed by atoms with Gasteiger partial charge in [-0.05, 0) is 74.7 Å². The molecule has 0 aromatic heterocycles. The van der Waals surface area contributed by atoms with Gasteiger partial charge >= 0.3 is 23.9 Å². The highest BCUT2D eigenvalue weighted by atomic mass is 16.6. The molecule has 0 spiro atoms. The Hall–Kier alpha value is -4.24. The monoisotopic (exact) mass is 686 g/mol. The van der Waals surface area contributed by atoms with Crippen molar-refractivity contribution < 1.29 is 57.7 Å². The number of rotatable bonds is 16. The zero-order chi connectivity index (χ0) is 37.8. The molecule has 0 aliphatic carbocycles. The predicted octanol–water partition coefficient (Wildman–Crippen LogP) is 1.27. The van der Waals surface area contributed by atoms with Crippen LogP contribution in [0.25, 0.3) is 0 Å². The molecule has 0 radical (unpaired) electrons. The van der Waals surface area contributed by atoms with Gasteiger partial charge in [0.2, 0.25) is 23.6 Å². The molecular formula is C32H54N4O12. The minimum atomic E-state index is -1.68. The summed E-state index contributed by atoms with van der Waals surface area (Å²) in [6.07, 6.45) is -1.92. The van der Waals surface area contributed by atoms with E-state index in [1.54, 1.807) is 76.2 Å². The first-order valence-electron chi connectivity index (χ1n) is 15.7. The zero-order valence-corrected chi connectivity index (χ0v) is 30.2. The SMILES string of the molecule is CC(=O)N[C@@H](CC(=O)OC(C)(C)C)C(=O)N[C@@H](CCC(=O)OC(C)(C)C)C(=O)N[C@H](C(=O)N[C@@H](CC(=O)OC(C)(C)C)C(=O)O)C(C)C. The fourth-order valence-corrected chi connectivity index (χ4v) is 4.00. The van der Waals surface area contributed by atoms with Gasteiger partial charge in [-0.2, -0.15) is 0 Å². The van der Waals surface area contributed by atoms with Gasteiger partial charge in [-0.1, -0.05) is 13.8 Å². The number of ether oxygens (including phenoxy) is 3. The Morgan fingerprint density at radius 2 is 0.958 bits per heavy atom. The Morgan fingerprint density at radius 3 is 1.35 bits per heavy atom. The van der Waals surface area contributed by atoms with Crippen LogP contribution in [0.3, 0.4) is 0 Å². The van der Waals surface area contributed by atoms with Crippen molar-refractivity contribution >= 4 is 47.5 Å². The molecule has 0 aromatic carbocycles. The van der Waals surface area contributed by atoms with E-state index in [1.807, 2.05) is 0 Å². The molecule has 0 rings (SSSR count). The molecule has 0 aromatic rings. The molecule has 5 N–H and O–H groups in total. The number of carboxylic acids is 1. The number of carbonyl (C=O) groups is 8. The molecule has 0 bridgehead atoms. The van der Waals surface area contributed by atoms with Gasteiger partial charge in [0.15, 0.2) is 0 Å². The maximum Gasteiger partial charge on any atom is 0.326 e. The Labute approximate surface area is 282 Å². The number of hydrogen-bond donors (Lipinski definition) is 5. The van der Waals surface area contributed by atoms with E-state index in [9.17, 15) is 43.5 Å². The van der Waals surface area contributed by atoms with E-state index in [4.69, 9.17) is 14.2 Å². The molecule has 0 heterocycles. The van der Waals surface area contributed by atoms with Crippen molar-refractivity contribution in [3.05, 3.63) is 0 Å². The van der Waals surface area contributed by atoms with Crippen molar-refractivity contribution in [2.24, 2.45) is 5.92 Å². The highest BCUT2D eigenvalue weighted by Crippen LogP contribution is 2.14. The summed E-state index contributed by atoms with van der Waals surface area (Å²) in [5.74, 6) is -7.96. The molecule has 274 valence electrons. The van der Waals surface area contributed by atoms with Crippen LogP contribution in [0.1, 0.15) is 109 Å². The minimum Gasteiger partial charge on any atom is -0.480 e. The third-order valence-corrected chi connectivity index (χ3v) is 5.83. The van der Waals surface area contributed by atoms with Crippen LogP contribution >= 0.6 is 0 Å². The lowest BCUT2D eigenvalue weighted by Crippen LogP contribution is -2.59. The smallest absolute Gasteiger partial charge is 0.326 e. The number of aliphatic carboxylic acids is 1. The molecule has 0 aliphatic heterocycles. The lowest BCUT2D eigenvalue weighted by Gasteiger charge is -2.28. The largest absolute Gasteiger partial charge is 0.480 e. The normalized spacial score (nSPS) is 14.4. The number of hydrogen-bond acceptors (Lipinski definition) is 11. The number of amides is 4. The van der Waals surface area contributed by atoms with E-state index in [2.05, 4.69) is 21.3 Å². The zero-order valence-electron chi connectivity index (χ0n) is 30.2. The molecule has 16 heteroatoms. The molecule has 4 atom stereocenters. The van der Waals surface area contributed by atoms with Crippen LogP contribution in [-0.4, -0.2) is 93.6 Å². The molecule has 0 unspecified atom stereocenters. The van der Waals surface area contributed by atoms with Gasteiger partial charge in [0.1, 0.15) is 41.0 Å². The fraction of sp³-hybridized carbons (Fsp3) is 0.750. The van der Waals surface area contributed by atoms with Crippen LogP contribution in [0.15, 0.2) is 0 Å². The Bertz CT molecular complexity index is 1190. The van der Waals surface area contributed by atoms with Gasteiger partial charge in [-0.15, -0.1) is 0 Å². The lowest BCUT2D eigenvalue weighted by atomic mass is 10.0. The van der Waals surface area contributed by atoms with Crippen LogP contribution in [0.2, 0.25) is 0 Å². The summed E-state index contributed by atoms with van der Waals surface area (Å²) in [6, 6.07) is -5.97. The number of esters is 3. The third-order valence-electron chi connectivity index (χ3n) is 5.83. The van der Waals surface area contributed by atoms with E-state index >= 15 is 0 Å². The van der Waals surface area contributed by atoms with Gasteiger partial charge < -0.3 is 40.6 Å². The van der Waals surface area contributed by atoms with Gasteiger partial charge in [-0.3, -0.25) is 33.6 Å². The first kappa shape index (κ1) is 43.8. The van der Waals surface area contributed by atoms with Crippen molar-refractivity contribution in [2.75, 3.05) is 0 Å². The van der Waals surface area contributed by atoms with Crippen LogP contribution in [0.5, 0.6) is 0 Å². The van der Waals surface area contributed by atoms with Gasteiger partial charge in [0, 0.05) is 13.3 Å². The fourth-order valence-electron chi connectivity index (χ4n) is 4.00. The number of carbonyl (C=O) groups excluding carboxylic acids is 7. The molecule has 0 saturated heterocycles. The summed E-state index contributed by atoms with van der Waals surface area (Å²) in [5.41, 5.74) is -2.63. The van der Waals surface area contributed by atoms with Crippen LogP contribution in [0, 0.1) is 5.92 Å². The third kappa shape index (κ3) is 19.4. The Balaban J connectivity index is 6.19. The second-order valence-electron chi connectivity index (χ2n) is 14.7. The second-order valence-corrected chi connectivity index (χ2v) is 14.7. The van der Waals surface area contributed by atoms with Crippen LogP contribution < -0.4 is 21.3 Å². The number of carboxylic acid groups (broad SMARTS) is 1. The summed E-state index contributed by atoms with van der Waals surface area (Å²) in [7, 11) is 0. The molecule has 4 amide bonds. The first-order chi connectivity index (χ1) is 21.6. The average Bonchev–Trinajstić information content (AvgIpc) is 2.84. The van der Waals surface area contributed by atoms with E-state index < -0.39 is 107 Å². The quantitative estimate of drug-likeness (QED) is 0.114. The minimum absolute atomic E-state index is 0.311. The summed E-state index contributed by atoms with van der Waals surface area (Å²) < 4.78 is 15.7. The Morgan fingerprint density at radius 1 is 0.562 bits per heavy atom. The van der Waals surface area contributed by atoms with Gasteiger partial charge in [0.25, 0.3) is 0 Å². The molecule has 0 fully saturated rings. The summed E-state index contributed by atoms with van der Waals surface area (Å²) >= 11 is 0. The van der Waals surface area contributed by atoms with Crippen molar-refractivity contribution in [2.45, 2.75) is 150 Å². The Kier molecular flexibility index (Phi) is 16.7. The second kappa shape index (κ2) is 18.3. The maximum absolute atomic E-state index is 13.6. The standard InChI is InChI=1S/C32H54N4O12/c1-17(2)25(28(43)35-21(29(44)45)16-24(40)48-32(10,11)12)36-26(41)19(13-14-22(38)46-30(4,5)6)34-27(42)20(33-18(3)37)15-23(39)47-31(7,8)9/h17,19-21,25H,13-16H2,1-12H3,(H,33,37)(H,34,42)(H,35,43)(H,36,41)(H,44,45)/t19-,20-,21-,25-/m0/s1. The highest BCUT2D eigenvalue weighted by molar-refractivity contribution is 5.96. The van der Waals surface area contributed by atoms with Crippen LogP contribution in [-0.2, 0) is 52.6 Å². The highest BCUT2D eigenvalue weighted by Gasteiger charge is 2.35. The van der Waals surface area contributed by atoms with Crippen LogP contribution in [0.4, 0.5) is 0 Å². The molecular weight excluding hydrogens is 632 g/mol. The maximum atomic E-state index is 13.6. The van der Waals surface area contributed by atoms with Gasteiger partial charge in [-0.25, -0.2) is 4.79 Å². The lowest BCUT2D eigenvalue weighted by molar-refractivity contribution is -0.159. The van der Waals surface area contributed by atoms with Crippen molar-refractivity contribution in [1.29, 1.82) is 0 Å². The summed E-state index contributed by atoms with van der Waals surface area (Å²) in [5, 5.41) is 19.1. The molecule has 16 nitrogen and oxygen atoms in total. The van der Waals surface area contributed by atoms with E-state index in [1.165, 1.54) is 0 Å². The van der Waals surface area contributed by atoms with E-state index in [0.717, 1.165) is 6.92 Å². The summed E-state index contributed by atoms with van der Waals surface area (Å²) in [4.78, 5) is 101. The van der Waals surface area contributed by atoms with E-state index in [-0.39, 0.29) is 12.8 Å². The summed E-state index contributed by atoms with van der Waals surface area (Å²) in [6.45, 7) is 18.8. The predicted molar refractivity (Wildman–Crippen MR) is 172 cm³/mol. The number of nitrogens with one attached hydrogen (secondary N) is 4. The van der Waals surface area contributed by atoms with Crippen molar-refractivity contribution in [3.63, 3.8) is 0 Å². The van der Waals surface area contributed by atoms with Crippen molar-refractivity contribution in [3.8, 4) is 0 Å². The van der Waals surface area contributed by atoms with Crippen molar-refractivity contribution in [1.82, 2.24) is 21.3 Å². The molecule has 0 aliphatic rings. The molecule has 48 heavy (non-hydrogen) atoms. The molecule has 0 saturated carbocycles. The average molecular weight is 687 g/mol. The first-order valence-corrected chi connectivity index (χ1v) is 15.7.